The first-order valence-corrected chi connectivity index (χ1v) is 17.6. The van der Waals surface area contributed by atoms with E-state index in [1.165, 1.54) is 66.4 Å². The Morgan fingerprint density at radius 1 is 0.960 bits per heavy atom. The maximum absolute atomic E-state index is 5.53. The summed E-state index contributed by atoms with van der Waals surface area (Å²) in [4.78, 5) is 0. The standard InChI is InChI=1S/C9H9N2O.3C4H9.Sn/c1-11-9-4-3-8(12-2)5-7(9)6-10-11;3*1-3-4-2;/h3-5H,1-2H3;3*1,3-4H2,2H3;. The number of methoxy groups -OCH3 is 1. The molecule has 0 N–H and O–H groups in total. The second-order valence-electron chi connectivity index (χ2n) is 7.45. The topological polar surface area (TPSA) is 27.1 Å². The molecular weight excluding hydrogens is 415 g/mol. The summed E-state index contributed by atoms with van der Waals surface area (Å²) < 4.78 is 13.5. The van der Waals surface area contributed by atoms with Crippen LogP contribution in [0.5, 0.6) is 5.75 Å². The molecule has 0 spiro atoms. The fourth-order valence-corrected chi connectivity index (χ4v) is 20.3. The number of unbranched alkanes of at least 4 members (excludes halogenated alkanes) is 3. The molecule has 3 nitrogen and oxygen atoms in total. The van der Waals surface area contributed by atoms with E-state index < -0.39 is 18.4 Å². The van der Waals surface area contributed by atoms with Gasteiger partial charge in [0.05, 0.1) is 0 Å². The predicted octanol–water partition coefficient (Wildman–Crippen LogP) is 5.64. The van der Waals surface area contributed by atoms with Crippen LogP contribution in [0.3, 0.4) is 0 Å². The average molecular weight is 451 g/mol. The maximum atomic E-state index is 5.53. The fourth-order valence-electron chi connectivity index (χ4n) is 4.04. The second-order valence-corrected chi connectivity index (χ2v) is 20.4. The van der Waals surface area contributed by atoms with Crippen molar-refractivity contribution in [3.8, 4) is 5.75 Å². The van der Waals surface area contributed by atoms with Crippen LogP contribution in [0.1, 0.15) is 59.3 Å². The van der Waals surface area contributed by atoms with E-state index in [-0.39, 0.29) is 0 Å². The molecule has 0 radical (unpaired) electrons. The van der Waals surface area contributed by atoms with E-state index >= 15 is 0 Å². The van der Waals surface area contributed by atoms with Gasteiger partial charge in [-0.05, 0) is 0 Å². The molecule has 0 unspecified atom stereocenters. The Kier molecular flexibility index (Phi) is 8.11. The molecule has 0 fully saturated rings. The zero-order chi connectivity index (χ0) is 18.3. The zero-order valence-electron chi connectivity index (χ0n) is 16.9. The molecule has 1 aromatic heterocycles. The molecule has 1 aromatic carbocycles. The van der Waals surface area contributed by atoms with Gasteiger partial charge in [-0.1, -0.05) is 0 Å². The van der Waals surface area contributed by atoms with Crippen molar-refractivity contribution in [3.05, 3.63) is 18.2 Å². The Bertz CT molecular complexity index is 643. The van der Waals surface area contributed by atoms with Crippen molar-refractivity contribution in [2.75, 3.05) is 7.11 Å². The van der Waals surface area contributed by atoms with Crippen LogP contribution in [0, 0.1) is 0 Å². The van der Waals surface area contributed by atoms with Crippen molar-refractivity contribution in [2.45, 2.75) is 72.6 Å². The Labute approximate surface area is 158 Å². The summed E-state index contributed by atoms with van der Waals surface area (Å²) in [7, 11) is 3.87. The zero-order valence-corrected chi connectivity index (χ0v) is 19.8. The van der Waals surface area contributed by atoms with Crippen molar-refractivity contribution in [3.63, 3.8) is 0 Å². The number of rotatable bonds is 11. The molecule has 2 aromatic rings. The van der Waals surface area contributed by atoms with Crippen LogP contribution >= 0.6 is 0 Å². The van der Waals surface area contributed by atoms with Gasteiger partial charge in [-0.25, -0.2) is 0 Å². The first kappa shape index (κ1) is 20.6. The summed E-state index contributed by atoms with van der Waals surface area (Å²) in [5.41, 5.74) is 1.27. The van der Waals surface area contributed by atoms with Crippen LogP contribution in [-0.2, 0) is 7.05 Å². The van der Waals surface area contributed by atoms with Gasteiger partial charge < -0.3 is 0 Å². The SMILES string of the molecule is CCC[CH2][Sn]([CH2]CCC)([CH2]CCC)[c]1nn(C)c2ccc(OC)cc12. The molecule has 0 amide bonds. The van der Waals surface area contributed by atoms with E-state index in [9.17, 15) is 0 Å². The van der Waals surface area contributed by atoms with E-state index in [1.807, 2.05) is 0 Å². The first-order chi connectivity index (χ1) is 12.1. The molecule has 0 atom stereocenters. The third kappa shape index (κ3) is 4.72. The Morgan fingerprint density at radius 3 is 2.00 bits per heavy atom. The number of hydrogen-bond donors (Lipinski definition) is 0. The number of hydrogen-bond acceptors (Lipinski definition) is 2. The predicted molar refractivity (Wildman–Crippen MR) is 112 cm³/mol. The van der Waals surface area contributed by atoms with E-state index in [4.69, 9.17) is 9.84 Å². The van der Waals surface area contributed by atoms with Gasteiger partial charge in [-0.3, -0.25) is 0 Å². The summed E-state index contributed by atoms with van der Waals surface area (Å²) >= 11 is -2.52. The summed E-state index contributed by atoms with van der Waals surface area (Å²) in [6.45, 7) is 6.99. The first-order valence-electron chi connectivity index (χ1n) is 10.1. The molecule has 0 aliphatic rings. The van der Waals surface area contributed by atoms with E-state index in [1.54, 1.807) is 7.11 Å². The third-order valence-electron chi connectivity index (χ3n) is 5.59. The van der Waals surface area contributed by atoms with Gasteiger partial charge in [0.15, 0.2) is 0 Å². The molecule has 4 heteroatoms. The van der Waals surface area contributed by atoms with Crippen molar-refractivity contribution >= 4 is 33.0 Å². The molecular formula is C21H36N2OSn. The summed E-state index contributed by atoms with van der Waals surface area (Å²) in [5, 5.41) is 6.53. The molecule has 2 rings (SSSR count). The average Bonchev–Trinajstić information content (AvgIpc) is 2.98. The Morgan fingerprint density at radius 2 is 1.52 bits per heavy atom. The summed E-state index contributed by atoms with van der Waals surface area (Å²) in [5.74, 6) is 0.961. The normalized spacial score (nSPS) is 12.0. The molecule has 0 aliphatic carbocycles. The summed E-state index contributed by atoms with van der Waals surface area (Å²) in [6.07, 6.45) is 7.99. The van der Waals surface area contributed by atoms with E-state index in [0.717, 1.165) is 5.75 Å². The number of fused-ring (bicyclic) bond motifs is 1. The van der Waals surface area contributed by atoms with Crippen LogP contribution in [0.2, 0.25) is 13.3 Å². The summed E-state index contributed by atoms with van der Waals surface area (Å²) in [6, 6.07) is 6.49. The molecule has 0 aliphatic heterocycles. The number of nitrogens with zero attached hydrogens (tertiary/aromatic N) is 2. The van der Waals surface area contributed by atoms with Gasteiger partial charge in [0, 0.05) is 0 Å². The molecule has 0 bridgehead atoms. The molecule has 0 saturated heterocycles. The molecule has 25 heavy (non-hydrogen) atoms. The molecule has 0 saturated carbocycles. The van der Waals surface area contributed by atoms with E-state index in [2.05, 4.69) is 50.7 Å². The minimum atomic E-state index is -2.52. The Hall–Kier alpha value is -0.711. The van der Waals surface area contributed by atoms with Gasteiger partial charge in [-0.2, -0.15) is 0 Å². The van der Waals surface area contributed by atoms with Crippen molar-refractivity contribution in [1.82, 2.24) is 9.78 Å². The third-order valence-corrected chi connectivity index (χ3v) is 20.7. The van der Waals surface area contributed by atoms with Gasteiger partial charge in [0.1, 0.15) is 0 Å². The van der Waals surface area contributed by atoms with Gasteiger partial charge in [-0.15, -0.1) is 0 Å². The number of aromatic nitrogens is 2. The van der Waals surface area contributed by atoms with Crippen LogP contribution in [0.25, 0.3) is 10.9 Å². The van der Waals surface area contributed by atoms with Crippen LogP contribution < -0.4 is 8.45 Å². The number of aryl methyl sites for hydroxylation is 1. The Balaban J connectivity index is 2.58. The fraction of sp³-hybridized carbons (Fsp3) is 0.667. The monoisotopic (exact) mass is 452 g/mol. The number of ether oxygens (including phenoxy) is 1. The minimum absolute atomic E-state index is 0.961. The van der Waals surface area contributed by atoms with Crippen LogP contribution in [0.15, 0.2) is 18.2 Å². The molecule has 1 heterocycles. The van der Waals surface area contributed by atoms with Crippen LogP contribution in [-0.4, -0.2) is 35.3 Å². The van der Waals surface area contributed by atoms with Crippen molar-refractivity contribution in [1.29, 1.82) is 0 Å². The quantitative estimate of drug-likeness (QED) is 0.414. The van der Waals surface area contributed by atoms with Gasteiger partial charge in [0.2, 0.25) is 0 Å². The van der Waals surface area contributed by atoms with Gasteiger partial charge in [0.25, 0.3) is 0 Å². The van der Waals surface area contributed by atoms with E-state index in [0.29, 0.717) is 0 Å². The second kappa shape index (κ2) is 9.84. The van der Waals surface area contributed by atoms with Crippen LogP contribution in [0.4, 0.5) is 0 Å². The van der Waals surface area contributed by atoms with Crippen molar-refractivity contribution < 1.29 is 4.74 Å². The molecule has 140 valence electrons. The van der Waals surface area contributed by atoms with Crippen molar-refractivity contribution in [2.24, 2.45) is 7.05 Å². The number of benzene rings is 1. The van der Waals surface area contributed by atoms with Gasteiger partial charge >= 0.3 is 158 Å².